The van der Waals surface area contributed by atoms with Crippen LogP contribution in [0.3, 0.4) is 0 Å². The van der Waals surface area contributed by atoms with Crippen LogP contribution in [0.2, 0.25) is 0 Å². The fourth-order valence-electron chi connectivity index (χ4n) is 4.69. The molecule has 4 rings (SSSR count). The second-order valence-corrected chi connectivity index (χ2v) is 8.76. The average Bonchev–Trinajstić information content (AvgIpc) is 2.87. The SMILES string of the molecule is CCN(CC)C(=O)c1ccc(C(=C2CCN(Cc3ccccn3)CC2)c2cccc(N)c2)cc1. The molecule has 1 aliphatic rings. The second-order valence-electron chi connectivity index (χ2n) is 8.76. The highest BCUT2D eigenvalue weighted by molar-refractivity contribution is 5.95. The normalized spacial score (nSPS) is 14.1. The van der Waals surface area contributed by atoms with Gasteiger partial charge in [0.2, 0.25) is 0 Å². The topological polar surface area (TPSA) is 62.5 Å². The number of hydrogen-bond acceptors (Lipinski definition) is 4. The van der Waals surface area contributed by atoms with Crippen molar-refractivity contribution in [3.8, 4) is 0 Å². The predicted molar refractivity (Wildman–Crippen MR) is 139 cm³/mol. The molecule has 5 nitrogen and oxygen atoms in total. The number of rotatable bonds is 7. The number of carbonyl (C=O) groups is 1. The lowest BCUT2D eigenvalue weighted by Gasteiger charge is -2.30. The van der Waals surface area contributed by atoms with Gasteiger partial charge in [0.15, 0.2) is 0 Å². The van der Waals surface area contributed by atoms with Gasteiger partial charge in [0, 0.05) is 50.2 Å². The van der Waals surface area contributed by atoms with Crippen LogP contribution in [0.4, 0.5) is 5.69 Å². The highest BCUT2D eigenvalue weighted by Gasteiger charge is 2.20. The Hall–Kier alpha value is -3.44. The van der Waals surface area contributed by atoms with E-state index < -0.39 is 0 Å². The Balaban J connectivity index is 1.61. The van der Waals surface area contributed by atoms with Crippen molar-refractivity contribution in [2.24, 2.45) is 0 Å². The first kappa shape index (κ1) is 23.7. The zero-order chi connectivity index (χ0) is 23.9. The molecule has 0 unspecified atom stereocenters. The van der Waals surface area contributed by atoms with Gasteiger partial charge in [0.1, 0.15) is 0 Å². The van der Waals surface area contributed by atoms with Crippen molar-refractivity contribution >= 4 is 17.2 Å². The number of hydrogen-bond donors (Lipinski definition) is 1. The van der Waals surface area contributed by atoms with E-state index >= 15 is 0 Å². The lowest BCUT2D eigenvalue weighted by Crippen LogP contribution is -2.31. The first-order chi connectivity index (χ1) is 16.6. The van der Waals surface area contributed by atoms with E-state index in [0.717, 1.165) is 60.5 Å². The first-order valence-electron chi connectivity index (χ1n) is 12.2. The van der Waals surface area contributed by atoms with Crippen molar-refractivity contribution in [3.05, 3.63) is 101 Å². The smallest absolute Gasteiger partial charge is 0.253 e. The minimum Gasteiger partial charge on any atom is -0.399 e. The Morgan fingerprint density at radius 1 is 0.912 bits per heavy atom. The van der Waals surface area contributed by atoms with Gasteiger partial charge in [-0.15, -0.1) is 0 Å². The zero-order valence-electron chi connectivity index (χ0n) is 20.2. The number of piperidine rings is 1. The van der Waals surface area contributed by atoms with E-state index in [4.69, 9.17) is 5.73 Å². The molecule has 0 saturated carbocycles. The molecule has 1 amide bonds. The van der Waals surface area contributed by atoms with E-state index in [2.05, 4.69) is 40.2 Å². The first-order valence-corrected chi connectivity index (χ1v) is 12.2. The summed E-state index contributed by atoms with van der Waals surface area (Å²) in [5, 5.41) is 0. The molecule has 0 aliphatic carbocycles. The molecule has 1 aromatic heterocycles. The molecule has 0 spiro atoms. The van der Waals surface area contributed by atoms with Crippen LogP contribution in [-0.4, -0.2) is 46.9 Å². The van der Waals surface area contributed by atoms with Crippen LogP contribution >= 0.6 is 0 Å². The van der Waals surface area contributed by atoms with Gasteiger partial charge in [0.05, 0.1) is 5.69 Å². The third-order valence-electron chi connectivity index (χ3n) is 6.57. The largest absolute Gasteiger partial charge is 0.399 e. The second kappa shape index (κ2) is 11.1. The maximum atomic E-state index is 12.8. The molecule has 3 aromatic rings. The molecule has 1 fully saturated rings. The summed E-state index contributed by atoms with van der Waals surface area (Å²) in [6.45, 7) is 8.32. The Morgan fingerprint density at radius 3 is 2.24 bits per heavy atom. The van der Waals surface area contributed by atoms with E-state index in [1.807, 2.05) is 61.3 Å². The minimum absolute atomic E-state index is 0.0811. The molecule has 1 aliphatic heterocycles. The van der Waals surface area contributed by atoms with Crippen molar-refractivity contribution in [3.63, 3.8) is 0 Å². The number of carbonyl (C=O) groups excluding carboxylic acids is 1. The number of likely N-dealkylation sites (tertiary alicyclic amines) is 1. The summed E-state index contributed by atoms with van der Waals surface area (Å²) in [4.78, 5) is 21.6. The summed E-state index contributed by atoms with van der Waals surface area (Å²) >= 11 is 0. The number of anilines is 1. The molecule has 5 heteroatoms. The Labute approximate surface area is 202 Å². The quantitative estimate of drug-likeness (QED) is 0.496. The molecule has 0 bridgehead atoms. The third-order valence-corrected chi connectivity index (χ3v) is 6.57. The monoisotopic (exact) mass is 454 g/mol. The van der Waals surface area contributed by atoms with Crippen molar-refractivity contribution < 1.29 is 4.79 Å². The maximum Gasteiger partial charge on any atom is 0.253 e. The van der Waals surface area contributed by atoms with Gasteiger partial charge < -0.3 is 10.6 Å². The molecule has 2 aromatic carbocycles. The molecule has 0 atom stereocenters. The average molecular weight is 455 g/mol. The van der Waals surface area contributed by atoms with Crippen molar-refractivity contribution in [1.82, 2.24) is 14.8 Å². The molecule has 2 N–H and O–H groups in total. The predicted octanol–water partition coefficient (Wildman–Crippen LogP) is 5.24. The standard InChI is InChI=1S/C29H34N4O/c1-3-33(4-2)29(34)24-13-11-22(12-14-24)28(25-8-7-9-26(30)20-25)23-15-18-32(19-16-23)21-27-10-5-6-17-31-27/h5-14,17,20H,3-4,15-16,18-19,21,30H2,1-2H3. The van der Waals surface area contributed by atoms with Crippen molar-refractivity contribution in [2.45, 2.75) is 33.2 Å². The van der Waals surface area contributed by atoms with Gasteiger partial charge in [-0.3, -0.25) is 14.7 Å². The summed E-state index contributed by atoms with van der Waals surface area (Å²) < 4.78 is 0. The van der Waals surface area contributed by atoms with E-state index in [1.54, 1.807) is 0 Å². The molecular weight excluding hydrogens is 420 g/mol. The van der Waals surface area contributed by atoms with E-state index in [9.17, 15) is 4.79 Å². The van der Waals surface area contributed by atoms with Gasteiger partial charge in [-0.25, -0.2) is 0 Å². The van der Waals surface area contributed by atoms with E-state index in [-0.39, 0.29) is 5.91 Å². The van der Waals surface area contributed by atoms with Crippen LogP contribution in [-0.2, 0) is 6.54 Å². The summed E-state index contributed by atoms with van der Waals surface area (Å²) in [6, 6.07) is 22.3. The number of benzene rings is 2. The summed E-state index contributed by atoms with van der Waals surface area (Å²) in [5.74, 6) is 0.0811. The van der Waals surface area contributed by atoms with Gasteiger partial charge in [0.25, 0.3) is 5.91 Å². The van der Waals surface area contributed by atoms with Crippen LogP contribution in [0.15, 0.2) is 78.5 Å². The number of aromatic nitrogens is 1. The molecule has 176 valence electrons. The number of nitrogens with two attached hydrogens (primary N) is 1. The van der Waals surface area contributed by atoms with Crippen LogP contribution in [0, 0.1) is 0 Å². The number of pyridine rings is 1. The van der Waals surface area contributed by atoms with Crippen LogP contribution in [0.25, 0.3) is 5.57 Å². The lowest BCUT2D eigenvalue weighted by atomic mass is 9.88. The number of nitrogens with zero attached hydrogens (tertiary/aromatic N) is 3. The van der Waals surface area contributed by atoms with Crippen molar-refractivity contribution in [2.75, 3.05) is 31.9 Å². The van der Waals surface area contributed by atoms with Crippen LogP contribution in [0.1, 0.15) is 53.9 Å². The minimum atomic E-state index is 0.0811. The van der Waals surface area contributed by atoms with Gasteiger partial charge >= 0.3 is 0 Å². The third kappa shape index (κ3) is 5.54. The Kier molecular flexibility index (Phi) is 7.76. The van der Waals surface area contributed by atoms with Gasteiger partial charge in [-0.05, 0) is 79.8 Å². The molecule has 2 heterocycles. The summed E-state index contributed by atoms with van der Waals surface area (Å²) in [7, 11) is 0. The fraction of sp³-hybridized carbons (Fsp3) is 0.310. The highest BCUT2D eigenvalue weighted by Crippen LogP contribution is 2.33. The summed E-state index contributed by atoms with van der Waals surface area (Å²) in [5.41, 5.74) is 13.7. The molecule has 1 saturated heterocycles. The molecular formula is C29H34N4O. The lowest BCUT2D eigenvalue weighted by molar-refractivity contribution is 0.0773. The fourth-order valence-corrected chi connectivity index (χ4v) is 4.69. The summed E-state index contributed by atoms with van der Waals surface area (Å²) in [6.07, 6.45) is 3.85. The highest BCUT2D eigenvalue weighted by atomic mass is 16.2. The molecule has 34 heavy (non-hydrogen) atoms. The Morgan fingerprint density at radius 2 is 1.62 bits per heavy atom. The zero-order valence-corrected chi connectivity index (χ0v) is 20.2. The number of amides is 1. The van der Waals surface area contributed by atoms with Gasteiger partial charge in [-0.1, -0.05) is 35.9 Å². The Bertz CT molecular complexity index is 1120. The van der Waals surface area contributed by atoms with Gasteiger partial charge in [-0.2, -0.15) is 0 Å². The van der Waals surface area contributed by atoms with E-state index in [1.165, 1.54) is 11.1 Å². The number of nitrogen functional groups attached to an aromatic ring is 1. The van der Waals surface area contributed by atoms with Crippen LogP contribution in [0.5, 0.6) is 0 Å². The van der Waals surface area contributed by atoms with Crippen LogP contribution < -0.4 is 5.73 Å². The van der Waals surface area contributed by atoms with Crippen molar-refractivity contribution in [1.29, 1.82) is 0 Å². The maximum absolute atomic E-state index is 12.8. The molecule has 0 radical (unpaired) electrons. The van der Waals surface area contributed by atoms with E-state index in [0.29, 0.717) is 13.1 Å².